The van der Waals surface area contributed by atoms with Gasteiger partial charge in [-0.1, -0.05) is 54.6 Å². The van der Waals surface area contributed by atoms with Crippen molar-refractivity contribution in [2.75, 3.05) is 13.2 Å². The molecule has 0 spiro atoms. The van der Waals surface area contributed by atoms with Crippen molar-refractivity contribution in [1.29, 1.82) is 0 Å². The van der Waals surface area contributed by atoms with E-state index in [1.165, 1.54) is 18.2 Å². The second-order valence-corrected chi connectivity index (χ2v) is 7.06. The molecular weight excluding hydrogens is 411 g/mol. The number of carbonyl (C=O) groups excluding carboxylic acids is 3. The van der Waals surface area contributed by atoms with Crippen LogP contribution in [0.1, 0.15) is 20.7 Å². The van der Waals surface area contributed by atoms with Gasteiger partial charge in [-0.3, -0.25) is 14.4 Å². The number of H-pyrrole nitrogens is 1. The maximum atomic E-state index is 13.2. The smallest absolute Gasteiger partial charge is 0.325 e. The van der Waals surface area contributed by atoms with Crippen molar-refractivity contribution in [3.05, 3.63) is 95.8 Å². The molecule has 4 rings (SSSR count). The number of esters is 1. The molecule has 0 atom stereocenters. The molecule has 0 saturated heterocycles. The van der Waals surface area contributed by atoms with Gasteiger partial charge in [0.2, 0.25) is 5.78 Å². The summed E-state index contributed by atoms with van der Waals surface area (Å²) in [7, 11) is 0. The lowest BCUT2D eigenvalue weighted by Gasteiger charge is -2.08. The predicted molar refractivity (Wildman–Crippen MR) is 118 cm³/mol. The van der Waals surface area contributed by atoms with Crippen molar-refractivity contribution in [3.8, 4) is 11.3 Å². The highest BCUT2D eigenvalue weighted by atomic mass is 19.1. The number of amides is 1. The van der Waals surface area contributed by atoms with Gasteiger partial charge in [0, 0.05) is 16.5 Å². The highest BCUT2D eigenvalue weighted by Gasteiger charge is 2.21. The molecule has 0 unspecified atom stereocenters. The van der Waals surface area contributed by atoms with Gasteiger partial charge in [-0.15, -0.1) is 0 Å². The highest BCUT2D eigenvalue weighted by Crippen LogP contribution is 2.30. The van der Waals surface area contributed by atoms with Crippen molar-refractivity contribution >= 4 is 28.6 Å². The van der Waals surface area contributed by atoms with Crippen molar-refractivity contribution in [3.63, 3.8) is 0 Å². The molecule has 3 aromatic carbocycles. The van der Waals surface area contributed by atoms with E-state index in [0.29, 0.717) is 11.3 Å². The Balaban J connectivity index is 1.44. The largest absolute Gasteiger partial charge is 0.456 e. The van der Waals surface area contributed by atoms with Gasteiger partial charge in [-0.25, -0.2) is 4.39 Å². The minimum atomic E-state index is -0.774. The number of carbonyl (C=O) groups is 3. The molecule has 0 radical (unpaired) electrons. The molecule has 160 valence electrons. The fourth-order valence-electron chi connectivity index (χ4n) is 3.41. The Bertz CT molecular complexity index is 1300. The van der Waals surface area contributed by atoms with Crippen molar-refractivity contribution in [2.45, 2.75) is 0 Å². The first-order valence-corrected chi connectivity index (χ1v) is 9.91. The van der Waals surface area contributed by atoms with E-state index in [1.54, 1.807) is 0 Å². The average molecular weight is 430 g/mol. The number of fused-ring (bicyclic) bond motifs is 1. The topological polar surface area (TPSA) is 88.3 Å². The first kappa shape index (κ1) is 21.0. The predicted octanol–water partition coefficient (Wildman–Crippen LogP) is 4.13. The van der Waals surface area contributed by atoms with Crippen LogP contribution in [-0.4, -0.2) is 35.8 Å². The lowest BCUT2D eigenvalue weighted by molar-refractivity contribution is -0.141. The normalized spacial score (nSPS) is 10.7. The first-order chi connectivity index (χ1) is 15.5. The standard InChI is InChI=1S/C25H19FN2O4/c26-18-10-6-9-17(13-18)25(31)27-14-22(30)32-15-21(29)23-19-11-4-5-12-20(19)28-24(23)16-7-2-1-3-8-16/h1-13,28H,14-15H2,(H,27,31). The number of rotatable bonds is 7. The highest BCUT2D eigenvalue weighted by molar-refractivity contribution is 6.14. The van der Waals surface area contributed by atoms with E-state index in [1.807, 2.05) is 54.6 Å². The molecule has 4 aromatic rings. The van der Waals surface area contributed by atoms with Crippen LogP contribution in [0.3, 0.4) is 0 Å². The number of ether oxygens (including phenoxy) is 1. The van der Waals surface area contributed by atoms with Crippen LogP contribution < -0.4 is 5.32 Å². The SMILES string of the molecule is O=C(CNC(=O)c1cccc(F)c1)OCC(=O)c1c(-c2ccccc2)[nH]c2ccccc12. The number of hydrogen-bond donors (Lipinski definition) is 2. The number of nitrogens with one attached hydrogen (secondary N) is 2. The summed E-state index contributed by atoms with van der Waals surface area (Å²) < 4.78 is 18.3. The molecule has 0 aliphatic carbocycles. The summed E-state index contributed by atoms with van der Waals surface area (Å²) in [4.78, 5) is 40.3. The summed E-state index contributed by atoms with van der Waals surface area (Å²) in [5.41, 5.74) is 2.79. The minimum absolute atomic E-state index is 0.0835. The zero-order chi connectivity index (χ0) is 22.5. The van der Waals surface area contributed by atoms with E-state index in [4.69, 9.17) is 4.74 Å². The molecule has 0 saturated carbocycles. The molecule has 0 fully saturated rings. The zero-order valence-corrected chi connectivity index (χ0v) is 16.9. The van der Waals surface area contributed by atoms with E-state index in [9.17, 15) is 18.8 Å². The van der Waals surface area contributed by atoms with Gasteiger partial charge < -0.3 is 15.0 Å². The van der Waals surface area contributed by atoms with Gasteiger partial charge in [0.25, 0.3) is 5.91 Å². The molecular formula is C25H19FN2O4. The molecule has 1 amide bonds. The third-order valence-corrected chi connectivity index (χ3v) is 4.89. The molecule has 2 N–H and O–H groups in total. The van der Waals surface area contributed by atoms with Crippen molar-refractivity contribution in [2.24, 2.45) is 0 Å². The van der Waals surface area contributed by atoms with Gasteiger partial charge in [0.15, 0.2) is 6.61 Å². The van der Waals surface area contributed by atoms with Crippen LogP contribution in [-0.2, 0) is 9.53 Å². The Morgan fingerprint density at radius 2 is 1.66 bits per heavy atom. The summed E-state index contributed by atoms with van der Waals surface area (Å²) in [6.45, 7) is -0.918. The molecule has 0 aliphatic rings. The van der Waals surface area contributed by atoms with Gasteiger partial charge in [-0.2, -0.15) is 0 Å². The van der Waals surface area contributed by atoms with Crippen LogP contribution >= 0.6 is 0 Å². The van der Waals surface area contributed by atoms with Crippen LogP contribution in [0.5, 0.6) is 0 Å². The molecule has 7 heteroatoms. The second kappa shape index (κ2) is 9.26. The maximum absolute atomic E-state index is 13.2. The molecule has 6 nitrogen and oxygen atoms in total. The molecule has 1 heterocycles. The monoisotopic (exact) mass is 430 g/mol. The summed E-state index contributed by atoms with van der Waals surface area (Å²) in [5.74, 6) is -2.31. The fourth-order valence-corrected chi connectivity index (χ4v) is 3.41. The molecule has 0 aliphatic heterocycles. The quantitative estimate of drug-likeness (QED) is 0.341. The van der Waals surface area contributed by atoms with E-state index in [2.05, 4.69) is 10.3 Å². The number of hydrogen-bond acceptors (Lipinski definition) is 4. The van der Waals surface area contributed by atoms with E-state index in [-0.39, 0.29) is 11.3 Å². The van der Waals surface area contributed by atoms with Crippen LogP contribution in [0, 0.1) is 5.82 Å². The van der Waals surface area contributed by atoms with E-state index < -0.39 is 30.8 Å². The Labute approximate surface area is 183 Å². The summed E-state index contributed by atoms with van der Waals surface area (Å²) in [6, 6.07) is 21.9. The maximum Gasteiger partial charge on any atom is 0.325 e. The summed E-state index contributed by atoms with van der Waals surface area (Å²) in [5, 5.41) is 3.08. The van der Waals surface area contributed by atoms with Gasteiger partial charge in [0.05, 0.1) is 11.3 Å². The Morgan fingerprint density at radius 3 is 2.44 bits per heavy atom. The number of aromatic nitrogens is 1. The number of halogens is 1. The number of benzene rings is 3. The van der Waals surface area contributed by atoms with Gasteiger partial charge >= 0.3 is 5.97 Å². The summed E-state index contributed by atoms with van der Waals surface area (Å²) >= 11 is 0. The third kappa shape index (κ3) is 4.57. The Kier molecular flexibility index (Phi) is 6.07. The number of para-hydroxylation sites is 1. The van der Waals surface area contributed by atoms with Crippen LogP contribution in [0.15, 0.2) is 78.9 Å². The number of Topliss-reactive ketones (excluding diaryl/α,β-unsaturated/α-hetero) is 1. The molecule has 1 aromatic heterocycles. The van der Waals surface area contributed by atoms with Crippen LogP contribution in [0.25, 0.3) is 22.2 Å². The lowest BCUT2D eigenvalue weighted by Crippen LogP contribution is -2.31. The zero-order valence-electron chi connectivity index (χ0n) is 16.9. The average Bonchev–Trinajstić information content (AvgIpc) is 3.21. The second-order valence-electron chi connectivity index (χ2n) is 7.06. The molecule has 32 heavy (non-hydrogen) atoms. The third-order valence-electron chi connectivity index (χ3n) is 4.89. The Hall–Kier alpha value is -4.26. The Morgan fingerprint density at radius 1 is 0.906 bits per heavy atom. The van der Waals surface area contributed by atoms with Crippen LogP contribution in [0.2, 0.25) is 0 Å². The molecule has 0 bridgehead atoms. The summed E-state index contributed by atoms with van der Waals surface area (Å²) in [6.07, 6.45) is 0. The van der Waals surface area contributed by atoms with E-state index >= 15 is 0 Å². The number of aromatic amines is 1. The fraction of sp³-hybridized carbons (Fsp3) is 0.0800. The van der Waals surface area contributed by atoms with E-state index in [0.717, 1.165) is 22.5 Å². The first-order valence-electron chi connectivity index (χ1n) is 9.91. The van der Waals surface area contributed by atoms with Gasteiger partial charge in [0.1, 0.15) is 12.4 Å². The van der Waals surface area contributed by atoms with Crippen molar-refractivity contribution < 1.29 is 23.5 Å². The lowest BCUT2D eigenvalue weighted by atomic mass is 10.0. The van der Waals surface area contributed by atoms with Gasteiger partial charge in [-0.05, 0) is 29.8 Å². The number of ketones is 1. The van der Waals surface area contributed by atoms with Crippen LogP contribution in [0.4, 0.5) is 4.39 Å². The minimum Gasteiger partial charge on any atom is -0.456 e. The van der Waals surface area contributed by atoms with Crippen molar-refractivity contribution in [1.82, 2.24) is 10.3 Å².